The molecule has 2 heterocycles. The monoisotopic (exact) mass is 766 g/mol. The van der Waals surface area contributed by atoms with Crippen molar-refractivity contribution in [2.24, 2.45) is 0 Å². The van der Waals surface area contributed by atoms with Crippen LogP contribution in [0.4, 0.5) is 0 Å². The summed E-state index contributed by atoms with van der Waals surface area (Å²) in [7, 11) is 0. The predicted molar refractivity (Wildman–Crippen MR) is 246 cm³/mol. The van der Waals surface area contributed by atoms with E-state index in [9.17, 15) is 5.11 Å². The lowest BCUT2D eigenvalue weighted by Gasteiger charge is -2.25. The van der Waals surface area contributed by atoms with Crippen LogP contribution < -0.4 is 0 Å². The molecule has 0 amide bonds. The fourth-order valence-electron chi connectivity index (χ4n) is 8.05. The first-order chi connectivity index (χ1) is 28.9. The lowest BCUT2D eigenvalue weighted by atomic mass is 9.83. The average molecular weight is 767 g/mol. The van der Waals surface area contributed by atoms with E-state index in [-0.39, 0.29) is 11.2 Å². The van der Waals surface area contributed by atoms with E-state index in [1.54, 1.807) is 6.07 Å². The summed E-state index contributed by atoms with van der Waals surface area (Å²) in [6, 6.07) is 60.6. The summed E-state index contributed by atoms with van der Waals surface area (Å²) in [5, 5.41) is 11.4. The predicted octanol–water partition coefficient (Wildman–Crippen LogP) is 14.5. The van der Waals surface area contributed by atoms with E-state index in [0.717, 1.165) is 78.0 Å². The Morgan fingerprint density at radius 3 is 1.83 bits per heavy atom. The molecule has 288 valence electrons. The first-order valence-corrected chi connectivity index (χ1v) is 20.2. The molecule has 4 nitrogen and oxygen atoms in total. The number of nitrogens with zero attached hydrogens (tertiary/aromatic N) is 3. The highest BCUT2D eigenvalue weighted by atomic mass is 16.3. The van der Waals surface area contributed by atoms with Gasteiger partial charge in [-0.3, -0.25) is 9.55 Å². The molecule has 9 aromatic rings. The van der Waals surface area contributed by atoms with Gasteiger partial charge in [0.15, 0.2) is 0 Å². The van der Waals surface area contributed by atoms with Crippen molar-refractivity contribution in [2.75, 3.05) is 0 Å². The standard InChI is InChI=1S/C55H47N3O/c1-36(2)37-23-25-40(26-24-37)42-29-30-56-49(35-42)45-32-43(39-17-10-7-11-18-39)31-44(33-45)46-20-14-21-51-53(46)57-54(47-19-12-13-22-52(47)59)58(51)50-28-27-41(34-48(50)55(3,4)5)38-15-8-6-9-16-38/h6-36,59H,1-5H3/i36D. The summed E-state index contributed by atoms with van der Waals surface area (Å²) in [6.45, 7) is 10.6. The van der Waals surface area contributed by atoms with Gasteiger partial charge in [-0.2, -0.15) is 0 Å². The Morgan fingerprint density at radius 1 is 0.542 bits per heavy atom. The minimum atomic E-state index is -0.668. The molecule has 2 aromatic heterocycles. The minimum Gasteiger partial charge on any atom is -0.507 e. The highest BCUT2D eigenvalue weighted by Crippen LogP contribution is 2.42. The van der Waals surface area contributed by atoms with Crippen LogP contribution in [0.5, 0.6) is 5.75 Å². The molecule has 0 bridgehead atoms. The fourth-order valence-corrected chi connectivity index (χ4v) is 8.05. The Labute approximate surface area is 348 Å². The van der Waals surface area contributed by atoms with E-state index >= 15 is 0 Å². The first-order valence-electron chi connectivity index (χ1n) is 20.7. The van der Waals surface area contributed by atoms with Crippen molar-refractivity contribution in [1.82, 2.24) is 14.5 Å². The molecule has 1 N–H and O–H groups in total. The van der Waals surface area contributed by atoms with Crippen molar-refractivity contribution in [3.05, 3.63) is 193 Å². The van der Waals surface area contributed by atoms with Gasteiger partial charge < -0.3 is 5.11 Å². The van der Waals surface area contributed by atoms with Crippen LogP contribution in [-0.4, -0.2) is 19.6 Å². The number of hydrogen-bond acceptors (Lipinski definition) is 3. The molecule has 59 heavy (non-hydrogen) atoms. The number of para-hydroxylation sites is 2. The van der Waals surface area contributed by atoms with Gasteiger partial charge in [0.1, 0.15) is 11.6 Å². The maximum Gasteiger partial charge on any atom is 0.149 e. The Hall–Kier alpha value is -7.04. The topological polar surface area (TPSA) is 50.9 Å². The number of hydrogen-bond donors (Lipinski definition) is 1. The normalized spacial score (nSPS) is 12.1. The number of fused-ring (bicyclic) bond motifs is 1. The maximum absolute atomic E-state index is 11.4. The summed E-state index contributed by atoms with van der Waals surface area (Å²) in [4.78, 5) is 10.4. The van der Waals surface area contributed by atoms with E-state index in [1.807, 2.05) is 68.6 Å². The quantitative estimate of drug-likeness (QED) is 0.168. The van der Waals surface area contributed by atoms with Crippen molar-refractivity contribution < 1.29 is 6.48 Å². The number of aromatic nitrogens is 3. The Bertz CT molecular complexity index is 2990. The third-order valence-corrected chi connectivity index (χ3v) is 11.2. The van der Waals surface area contributed by atoms with Crippen LogP contribution in [0, 0.1) is 0 Å². The minimum absolute atomic E-state index is 0.172. The van der Waals surface area contributed by atoms with E-state index < -0.39 is 5.89 Å². The molecule has 0 unspecified atom stereocenters. The second-order valence-corrected chi connectivity index (χ2v) is 16.5. The van der Waals surface area contributed by atoms with Gasteiger partial charge in [0.2, 0.25) is 0 Å². The number of phenols is 1. The highest BCUT2D eigenvalue weighted by molar-refractivity contribution is 5.98. The Balaban J connectivity index is 1.26. The van der Waals surface area contributed by atoms with Crippen molar-refractivity contribution in [3.63, 3.8) is 0 Å². The summed E-state index contributed by atoms with van der Waals surface area (Å²) in [5.41, 5.74) is 15.8. The van der Waals surface area contributed by atoms with Gasteiger partial charge in [-0.25, -0.2) is 4.98 Å². The smallest absolute Gasteiger partial charge is 0.149 e. The van der Waals surface area contributed by atoms with Gasteiger partial charge in [0.25, 0.3) is 0 Å². The van der Waals surface area contributed by atoms with Crippen LogP contribution in [-0.2, 0) is 5.41 Å². The van der Waals surface area contributed by atoms with Crippen LogP contribution in [0.2, 0.25) is 0 Å². The molecule has 0 fully saturated rings. The summed E-state index contributed by atoms with van der Waals surface area (Å²) >= 11 is 0. The van der Waals surface area contributed by atoms with Crippen LogP contribution in [0.25, 0.3) is 83.9 Å². The van der Waals surface area contributed by atoms with Gasteiger partial charge in [0, 0.05) is 18.7 Å². The van der Waals surface area contributed by atoms with Crippen molar-refractivity contribution in [1.29, 1.82) is 0 Å². The second-order valence-electron chi connectivity index (χ2n) is 16.5. The maximum atomic E-state index is 11.4. The van der Waals surface area contributed by atoms with Gasteiger partial charge in [-0.1, -0.05) is 150 Å². The number of benzene rings is 7. The third-order valence-electron chi connectivity index (χ3n) is 11.2. The van der Waals surface area contributed by atoms with Crippen LogP contribution in [0.3, 0.4) is 0 Å². The number of aromatic hydroxyl groups is 1. The number of pyridine rings is 1. The van der Waals surface area contributed by atoms with E-state index in [4.69, 9.17) is 11.3 Å². The SMILES string of the molecule is [2H]C(C)(C)c1ccc(-c2ccnc(-c3cc(-c4ccccc4)cc(-c4cccc5c4nc(-c4ccccc4O)n5-c4ccc(-c5ccccc5)cc4C(C)(C)C)c3)c2)cc1. The molecule has 0 aliphatic heterocycles. The molecule has 0 radical (unpaired) electrons. The Morgan fingerprint density at radius 2 is 1.14 bits per heavy atom. The molecule has 4 heteroatoms. The van der Waals surface area contributed by atoms with Gasteiger partial charge >= 0.3 is 0 Å². The second kappa shape index (κ2) is 15.4. The average Bonchev–Trinajstić information content (AvgIpc) is 3.66. The van der Waals surface area contributed by atoms with Crippen molar-refractivity contribution >= 4 is 11.0 Å². The summed E-state index contributed by atoms with van der Waals surface area (Å²) in [6.07, 6.45) is 1.87. The van der Waals surface area contributed by atoms with E-state index in [1.165, 1.54) is 5.56 Å². The first kappa shape index (κ1) is 36.3. The lowest BCUT2D eigenvalue weighted by Crippen LogP contribution is -2.16. The molecule has 7 aromatic carbocycles. The van der Waals surface area contributed by atoms with Gasteiger partial charge in [-0.15, -0.1) is 0 Å². The molecule has 0 aliphatic carbocycles. The molecule has 0 atom stereocenters. The van der Waals surface area contributed by atoms with Gasteiger partial charge in [0.05, 0.1) is 28.0 Å². The zero-order valence-corrected chi connectivity index (χ0v) is 34.1. The van der Waals surface area contributed by atoms with Crippen molar-refractivity contribution in [2.45, 2.75) is 45.9 Å². The molecule has 9 rings (SSSR count). The molecule has 0 saturated carbocycles. The molecular formula is C55H47N3O. The molecule has 0 saturated heterocycles. The van der Waals surface area contributed by atoms with Crippen molar-refractivity contribution in [3.8, 4) is 78.6 Å². The third kappa shape index (κ3) is 7.35. The fraction of sp³-hybridized carbons (Fsp3) is 0.127. The summed E-state index contributed by atoms with van der Waals surface area (Å²) in [5.74, 6) is 0.173. The van der Waals surface area contributed by atoms with E-state index in [0.29, 0.717) is 11.4 Å². The van der Waals surface area contributed by atoms with Crippen LogP contribution in [0.1, 0.15) is 53.0 Å². The largest absolute Gasteiger partial charge is 0.507 e. The van der Waals surface area contributed by atoms with Crippen LogP contribution >= 0.6 is 0 Å². The molecule has 0 aliphatic rings. The number of rotatable bonds is 8. The zero-order valence-electron chi connectivity index (χ0n) is 35.1. The molecule has 0 spiro atoms. The molecular weight excluding hydrogens is 719 g/mol. The summed E-state index contributed by atoms with van der Waals surface area (Å²) < 4.78 is 10.7. The zero-order chi connectivity index (χ0) is 41.6. The lowest BCUT2D eigenvalue weighted by molar-refractivity contribution is 0.477. The number of imidazole rings is 1. The van der Waals surface area contributed by atoms with Gasteiger partial charge in [-0.05, 0) is 122 Å². The number of phenolic OH excluding ortho intramolecular Hbond substituents is 1. The van der Waals surface area contributed by atoms with E-state index in [2.05, 4.69) is 147 Å². The van der Waals surface area contributed by atoms with Crippen LogP contribution in [0.15, 0.2) is 182 Å². The highest BCUT2D eigenvalue weighted by Gasteiger charge is 2.26. The Kier molecular flexibility index (Phi) is 9.46.